The van der Waals surface area contributed by atoms with Gasteiger partial charge in [-0.2, -0.15) is 0 Å². The van der Waals surface area contributed by atoms with E-state index >= 15 is 0 Å². The average Bonchev–Trinajstić information content (AvgIpc) is 2.47. The zero-order chi connectivity index (χ0) is 16.9. The largest absolute Gasteiger partial charge is 0.496 e. The summed E-state index contributed by atoms with van der Waals surface area (Å²) in [6.07, 6.45) is 0. The third-order valence-corrected chi connectivity index (χ3v) is 3.53. The highest BCUT2D eigenvalue weighted by Crippen LogP contribution is 2.28. The van der Waals surface area contributed by atoms with E-state index in [-0.39, 0.29) is 36.7 Å². The molecule has 0 saturated carbocycles. The van der Waals surface area contributed by atoms with Crippen LogP contribution in [0.15, 0.2) is 12.1 Å². The van der Waals surface area contributed by atoms with Crippen LogP contribution in [-0.2, 0) is 9.59 Å². The molecule has 1 aromatic carbocycles. The molecule has 0 bridgehead atoms. The van der Waals surface area contributed by atoms with Gasteiger partial charge in [-0.3, -0.25) is 9.59 Å². The van der Waals surface area contributed by atoms with Gasteiger partial charge in [-0.15, -0.1) is 12.4 Å². The van der Waals surface area contributed by atoms with E-state index in [1.165, 1.54) is 0 Å². The molecular formula is C16H26ClN3O3. The highest BCUT2D eigenvalue weighted by Gasteiger charge is 2.18. The minimum Gasteiger partial charge on any atom is -0.496 e. The molecule has 0 aromatic heterocycles. The smallest absolute Gasteiger partial charge is 0.243 e. The molecule has 0 unspecified atom stereocenters. The Morgan fingerprint density at radius 3 is 2.39 bits per heavy atom. The van der Waals surface area contributed by atoms with Crippen molar-refractivity contribution in [2.45, 2.75) is 33.7 Å². The standard InChI is InChI=1S/C16H25N3O3.ClH/c1-9(2)14(17)16(21)18-8-13(20)19-12-7-6-10(3)15(22-5)11(12)4;/h6-7,9,14H,8,17H2,1-5H3,(H,18,21)(H,19,20);1H/t14-;/m0./s1. The van der Waals surface area contributed by atoms with Crippen LogP contribution in [0.2, 0.25) is 0 Å². The van der Waals surface area contributed by atoms with Crippen molar-refractivity contribution < 1.29 is 14.3 Å². The lowest BCUT2D eigenvalue weighted by atomic mass is 10.1. The summed E-state index contributed by atoms with van der Waals surface area (Å²) in [6, 6.07) is 3.07. The molecule has 6 nitrogen and oxygen atoms in total. The van der Waals surface area contributed by atoms with Crippen molar-refractivity contribution in [1.29, 1.82) is 0 Å². The van der Waals surface area contributed by atoms with Crippen molar-refractivity contribution in [3.05, 3.63) is 23.3 Å². The van der Waals surface area contributed by atoms with Gasteiger partial charge in [0.1, 0.15) is 5.75 Å². The van der Waals surface area contributed by atoms with Crippen molar-refractivity contribution in [3.8, 4) is 5.75 Å². The second kappa shape index (κ2) is 9.37. The molecule has 4 N–H and O–H groups in total. The van der Waals surface area contributed by atoms with Gasteiger partial charge in [0.15, 0.2) is 0 Å². The Morgan fingerprint density at radius 2 is 1.87 bits per heavy atom. The topological polar surface area (TPSA) is 93.5 Å². The number of benzene rings is 1. The Kier molecular flexibility index (Phi) is 8.64. The molecule has 0 aliphatic heterocycles. The Morgan fingerprint density at radius 1 is 1.26 bits per heavy atom. The number of carbonyl (C=O) groups is 2. The van der Waals surface area contributed by atoms with Crippen LogP contribution in [0.4, 0.5) is 5.69 Å². The van der Waals surface area contributed by atoms with Gasteiger partial charge in [-0.05, 0) is 31.4 Å². The fourth-order valence-corrected chi connectivity index (χ4v) is 2.06. The number of methoxy groups -OCH3 is 1. The van der Waals surface area contributed by atoms with E-state index in [9.17, 15) is 9.59 Å². The van der Waals surface area contributed by atoms with Gasteiger partial charge in [0.25, 0.3) is 0 Å². The number of amides is 2. The third-order valence-electron chi connectivity index (χ3n) is 3.53. The van der Waals surface area contributed by atoms with Crippen LogP contribution < -0.4 is 21.1 Å². The molecule has 1 rings (SSSR count). The minimum absolute atomic E-state index is 0. The molecule has 0 heterocycles. The number of nitrogens with two attached hydrogens (primary N) is 1. The Labute approximate surface area is 143 Å². The number of aryl methyl sites for hydroxylation is 1. The van der Waals surface area contributed by atoms with Crippen LogP contribution in [-0.4, -0.2) is 31.5 Å². The van der Waals surface area contributed by atoms with E-state index in [1.54, 1.807) is 7.11 Å². The molecule has 0 fully saturated rings. The lowest BCUT2D eigenvalue weighted by Gasteiger charge is -2.16. The first kappa shape index (κ1) is 21.2. The predicted octanol–water partition coefficient (Wildman–Crippen LogP) is 1.77. The second-order valence-electron chi connectivity index (χ2n) is 5.62. The van der Waals surface area contributed by atoms with Crippen molar-refractivity contribution in [3.63, 3.8) is 0 Å². The van der Waals surface area contributed by atoms with Crippen LogP contribution in [0.5, 0.6) is 5.75 Å². The number of nitrogens with one attached hydrogen (secondary N) is 2. The number of anilines is 1. The summed E-state index contributed by atoms with van der Waals surface area (Å²) in [4.78, 5) is 23.7. The summed E-state index contributed by atoms with van der Waals surface area (Å²) in [5.41, 5.74) is 8.22. The van der Waals surface area contributed by atoms with E-state index in [4.69, 9.17) is 10.5 Å². The van der Waals surface area contributed by atoms with Gasteiger partial charge >= 0.3 is 0 Å². The summed E-state index contributed by atoms with van der Waals surface area (Å²) < 4.78 is 5.32. The van der Waals surface area contributed by atoms with Gasteiger partial charge < -0.3 is 21.1 Å². The van der Waals surface area contributed by atoms with Gasteiger partial charge in [-0.1, -0.05) is 19.9 Å². The summed E-state index contributed by atoms with van der Waals surface area (Å²) in [7, 11) is 1.59. The summed E-state index contributed by atoms with van der Waals surface area (Å²) in [5, 5.41) is 5.30. The quantitative estimate of drug-likeness (QED) is 0.733. The number of rotatable bonds is 6. The minimum atomic E-state index is -0.617. The fourth-order valence-electron chi connectivity index (χ4n) is 2.06. The van der Waals surface area contributed by atoms with E-state index in [2.05, 4.69) is 10.6 Å². The molecule has 2 amide bonds. The number of carbonyl (C=O) groups excluding carboxylic acids is 2. The average molecular weight is 344 g/mol. The fraction of sp³-hybridized carbons (Fsp3) is 0.500. The van der Waals surface area contributed by atoms with Crippen molar-refractivity contribution in [2.75, 3.05) is 19.0 Å². The molecule has 1 atom stereocenters. The molecule has 130 valence electrons. The lowest BCUT2D eigenvalue weighted by molar-refractivity contribution is -0.125. The maximum absolute atomic E-state index is 11.9. The Bertz CT molecular complexity index is 562. The molecule has 0 saturated heterocycles. The van der Waals surface area contributed by atoms with Gasteiger partial charge in [0.05, 0.1) is 19.7 Å². The molecule has 0 spiro atoms. The molecule has 0 aliphatic carbocycles. The first-order valence-corrected chi connectivity index (χ1v) is 7.25. The molecule has 0 aliphatic rings. The van der Waals surface area contributed by atoms with Gasteiger partial charge in [0, 0.05) is 11.3 Å². The van der Waals surface area contributed by atoms with Crippen LogP contribution in [0.25, 0.3) is 0 Å². The zero-order valence-corrected chi connectivity index (χ0v) is 15.0. The number of hydrogen-bond donors (Lipinski definition) is 3. The molecular weight excluding hydrogens is 318 g/mol. The van der Waals surface area contributed by atoms with Crippen LogP contribution in [0, 0.1) is 19.8 Å². The predicted molar refractivity (Wildman–Crippen MR) is 94.2 cm³/mol. The number of halogens is 1. The van der Waals surface area contributed by atoms with E-state index in [0.29, 0.717) is 5.69 Å². The maximum Gasteiger partial charge on any atom is 0.243 e. The van der Waals surface area contributed by atoms with Gasteiger partial charge in [0.2, 0.25) is 11.8 Å². The highest BCUT2D eigenvalue weighted by atomic mass is 35.5. The normalized spacial score (nSPS) is 11.4. The van der Waals surface area contributed by atoms with E-state index < -0.39 is 6.04 Å². The van der Waals surface area contributed by atoms with Gasteiger partial charge in [-0.25, -0.2) is 0 Å². The first-order chi connectivity index (χ1) is 10.3. The summed E-state index contributed by atoms with van der Waals surface area (Å²) >= 11 is 0. The van der Waals surface area contributed by atoms with E-state index in [1.807, 2.05) is 39.8 Å². The number of ether oxygens (including phenoxy) is 1. The zero-order valence-electron chi connectivity index (χ0n) is 14.2. The van der Waals surface area contributed by atoms with Crippen molar-refractivity contribution in [1.82, 2.24) is 5.32 Å². The Balaban J connectivity index is 0.00000484. The Hall–Kier alpha value is -1.79. The van der Waals surface area contributed by atoms with Crippen molar-refractivity contribution >= 4 is 29.9 Å². The third kappa shape index (κ3) is 5.73. The van der Waals surface area contributed by atoms with Crippen LogP contribution >= 0.6 is 12.4 Å². The van der Waals surface area contributed by atoms with E-state index in [0.717, 1.165) is 16.9 Å². The highest BCUT2D eigenvalue weighted by molar-refractivity contribution is 5.96. The maximum atomic E-state index is 11.9. The summed E-state index contributed by atoms with van der Waals surface area (Å²) in [5.74, 6) is 0.122. The monoisotopic (exact) mass is 343 g/mol. The molecule has 7 heteroatoms. The van der Waals surface area contributed by atoms with Crippen LogP contribution in [0.1, 0.15) is 25.0 Å². The molecule has 23 heavy (non-hydrogen) atoms. The summed E-state index contributed by atoms with van der Waals surface area (Å²) in [6.45, 7) is 7.40. The van der Waals surface area contributed by atoms with Crippen molar-refractivity contribution in [2.24, 2.45) is 11.7 Å². The lowest BCUT2D eigenvalue weighted by Crippen LogP contribution is -2.46. The first-order valence-electron chi connectivity index (χ1n) is 7.25. The SMILES string of the molecule is COc1c(C)ccc(NC(=O)CNC(=O)[C@@H](N)C(C)C)c1C.Cl. The molecule has 0 radical (unpaired) electrons. The molecule has 1 aromatic rings. The number of hydrogen-bond acceptors (Lipinski definition) is 4. The second-order valence-corrected chi connectivity index (χ2v) is 5.62. The van der Waals surface area contributed by atoms with Crippen LogP contribution in [0.3, 0.4) is 0 Å².